The topological polar surface area (TPSA) is 73.9 Å². The fourth-order valence-electron chi connectivity index (χ4n) is 3.94. The number of methoxy groups -OCH3 is 1. The second-order valence-electron chi connectivity index (χ2n) is 8.53. The van der Waals surface area contributed by atoms with Crippen LogP contribution in [0.25, 0.3) is 0 Å². The van der Waals surface area contributed by atoms with Crippen LogP contribution in [0, 0.1) is 11.3 Å². The van der Waals surface area contributed by atoms with Crippen LogP contribution in [0.1, 0.15) is 58.3 Å². The standard InChI is InChI=1S/C22H25NO5S/c1-22(2,3)13-6-7-14-17(10-13)29-20(18(14)21(25)26-4)23-19(24)12-5-8-15-16(9-12)28-11-27-15/h5,8-9,13H,6-7,10-11H2,1-4H3,(H,23,24)/t13-/m0/s1. The van der Waals surface area contributed by atoms with Crippen molar-refractivity contribution in [3.05, 3.63) is 39.8 Å². The number of hydrogen-bond donors (Lipinski definition) is 1. The maximum Gasteiger partial charge on any atom is 0.341 e. The molecule has 6 nitrogen and oxygen atoms in total. The number of ether oxygens (including phenoxy) is 3. The van der Waals surface area contributed by atoms with Gasteiger partial charge in [0, 0.05) is 10.4 Å². The summed E-state index contributed by atoms with van der Waals surface area (Å²) in [7, 11) is 1.37. The Morgan fingerprint density at radius 1 is 1.21 bits per heavy atom. The lowest BCUT2D eigenvalue weighted by Crippen LogP contribution is -2.26. The van der Waals surface area contributed by atoms with Gasteiger partial charge in [-0.2, -0.15) is 0 Å². The van der Waals surface area contributed by atoms with E-state index >= 15 is 0 Å². The molecule has 7 heteroatoms. The highest BCUT2D eigenvalue weighted by atomic mass is 32.1. The number of hydrogen-bond acceptors (Lipinski definition) is 6. The summed E-state index contributed by atoms with van der Waals surface area (Å²) in [4.78, 5) is 26.5. The summed E-state index contributed by atoms with van der Waals surface area (Å²) in [5, 5.41) is 3.48. The van der Waals surface area contributed by atoms with Crippen molar-refractivity contribution in [1.29, 1.82) is 0 Å². The summed E-state index contributed by atoms with van der Waals surface area (Å²) < 4.78 is 15.7. The van der Waals surface area contributed by atoms with Gasteiger partial charge in [0.25, 0.3) is 5.91 Å². The molecule has 1 aromatic carbocycles. The number of esters is 1. The molecule has 1 amide bonds. The fourth-order valence-corrected chi connectivity index (χ4v) is 5.25. The first-order valence-electron chi connectivity index (χ1n) is 9.71. The minimum absolute atomic E-state index is 0.152. The lowest BCUT2D eigenvalue weighted by molar-refractivity contribution is 0.0600. The number of rotatable bonds is 3. The van der Waals surface area contributed by atoms with Gasteiger partial charge >= 0.3 is 5.97 Å². The van der Waals surface area contributed by atoms with Gasteiger partial charge in [-0.25, -0.2) is 4.79 Å². The largest absolute Gasteiger partial charge is 0.465 e. The second-order valence-corrected chi connectivity index (χ2v) is 9.63. The number of anilines is 1. The van der Waals surface area contributed by atoms with Gasteiger partial charge in [-0.15, -0.1) is 11.3 Å². The van der Waals surface area contributed by atoms with Crippen LogP contribution in [0.15, 0.2) is 18.2 Å². The first kappa shape index (κ1) is 19.8. The van der Waals surface area contributed by atoms with Crippen molar-refractivity contribution in [2.45, 2.75) is 40.0 Å². The van der Waals surface area contributed by atoms with Gasteiger partial charge in [0.1, 0.15) is 5.00 Å². The zero-order chi connectivity index (χ0) is 20.8. The summed E-state index contributed by atoms with van der Waals surface area (Å²) in [5.74, 6) is 1.01. The zero-order valence-corrected chi connectivity index (χ0v) is 17.9. The predicted octanol–water partition coefficient (Wildman–Crippen LogP) is 4.67. The maximum atomic E-state index is 12.9. The quantitative estimate of drug-likeness (QED) is 0.738. The Balaban J connectivity index is 1.64. The maximum absolute atomic E-state index is 12.9. The number of carbonyl (C=O) groups is 2. The first-order chi connectivity index (χ1) is 13.8. The van der Waals surface area contributed by atoms with E-state index in [1.54, 1.807) is 18.2 Å². The van der Waals surface area contributed by atoms with E-state index in [0.29, 0.717) is 33.5 Å². The van der Waals surface area contributed by atoms with Crippen molar-refractivity contribution in [2.24, 2.45) is 11.3 Å². The van der Waals surface area contributed by atoms with Crippen molar-refractivity contribution in [1.82, 2.24) is 0 Å². The van der Waals surface area contributed by atoms with Crippen LogP contribution in [-0.4, -0.2) is 25.8 Å². The van der Waals surface area contributed by atoms with Gasteiger partial charge in [-0.3, -0.25) is 4.79 Å². The Kier molecular flexibility index (Phi) is 5.02. The van der Waals surface area contributed by atoms with Crippen molar-refractivity contribution in [3.63, 3.8) is 0 Å². The third kappa shape index (κ3) is 3.71. The van der Waals surface area contributed by atoms with Crippen LogP contribution in [0.5, 0.6) is 11.5 Å². The highest BCUT2D eigenvalue weighted by Crippen LogP contribution is 2.44. The van der Waals surface area contributed by atoms with Crippen LogP contribution in [-0.2, 0) is 17.6 Å². The summed E-state index contributed by atoms with van der Waals surface area (Å²) in [6, 6.07) is 5.05. The molecule has 154 valence electrons. The Morgan fingerprint density at radius 2 is 1.97 bits per heavy atom. The van der Waals surface area contributed by atoms with Crippen molar-refractivity contribution in [2.75, 3.05) is 19.2 Å². The van der Waals surface area contributed by atoms with E-state index in [4.69, 9.17) is 14.2 Å². The molecule has 4 rings (SSSR count). The average Bonchev–Trinajstić information content (AvgIpc) is 3.29. The van der Waals surface area contributed by atoms with E-state index in [-0.39, 0.29) is 18.1 Å². The molecule has 0 unspecified atom stereocenters. The number of carbonyl (C=O) groups excluding carboxylic acids is 2. The monoisotopic (exact) mass is 415 g/mol. The third-order valence-corrected chi connectivity index (χ3v) is 6.91. The molecule has 0 saturated carbocycles. The minimum Gasteiger partial charge on any atom is -0.465 e. The van der Waals surface area contributed by atoms with E-state index in [0.717, 1.165) is 29.7 Å². The van der Waals surface area contributed by atoms with E-state index in [1.807, 2.05) is 0 Å². The van der Waals surface area contributed by atoms with E-state index in [1.165, 1.54) is 18.4 Å². The van der Waals surface area contributed by atoms with Crippen molar-refractivity contribution >= 4 is 28.2 Å². The zero-order valence-electron chi connectivity index (χ0n) is 17.1. The molecule has 2 aliphatic rings. The van der Waals surface area contributed by atoms with Crippen LogP contribution in [0.2, 0.25) is 0 Å². The SMILES string of the molecule is COC(=O)c1c(NC(=O)c2ccc3c(c2)OCO3)sc2c1CC[C@H](C(C)(C)C)C2. The van der Waals surface area contributed by atoms with Gasteiger partial charge in [-0.1, -0.05) is 20.8 Å². The molecule has 0 spiro atoms. The molecule has 1 aromatic heterocycles. The molecule has 0 saturated heterocycles. The highest BCUT2D eigenvalue weighted by molar-refractivity contribution is 7.17. The number of benzene rings is 1. The van der Waals surface area contributed by atoms with Crippen LogP contribution < -0.4 is 14.8 Å². The highest BCUT2D eigenvalue weighted by Gasteiger charge is 2.34. The molecule has 29 heavy (non-hydrogen) atoms. The summed E-state index contributed by atoms with van der Waals surface area (Å²) in [6.45, 7) is 6.90. The number of fused-ring (bicyclic) bond motifs is 2. The number of amides is 1. The van der Waals surface area contributed by atoms with Crippen molar-refractivity contribution < 1.29 is 23.8 Å². The molecule has 1 N–H and O–H groups in total. The van der Waals surface area contributed by atoms with Gasteiger partial charge in [0.15, 0.2) is 11.5 Å². The minimum atomic E-state index is -0.405. The fraction of sp³-hybridized carbons (Fsp3) is 0.455. The molecule has 0 fully saturated rings. The molecule has 2 aromatic rings. The second kappa shape index (κ2) is 7.37. The van der Waals surface area contributed by atoms with E-state index < -0.39 is 5.97 Å². The normalized spacial score (nSPS) is 17.6. The average molecular weight is 416 g/mol. The smallest absolute Gasteiger partial charge is 0.341 e. The Labute approximate surface area is 174 Å². The van der Waals surface area contributed by atoms with Crippen molar-refractivity contribution in [3.8, 4) is 11.5 Å². The number of nitrogens with one attached hydrogen (secondary N) is 1. The molecular formula is C22H25NO5S. The third-order valence-electron chi connectivity index (χ3n) is 5.74. The lowest BCUT2D eigenvalue weighted by Gasteiger charge is -2.33. The molecule has 2 heterocycles. The molecule has 1 atom stereocenters. The van der Waals surface area contributed by atoms with Gasteiger partial charge in [0.05, 0.1) is 12.7 Å². The van der Waals surface area contributed by atoms with Gasteiger partial charge in [0.2, 0.25) is 6.79 Å². The Hall–Kier alpha value is -2.54. The Bertz CT molecular complexity index is 972. The van der Waals surface area contributed by atoms with Crippen LogP contribution in [0.3, 0.4) is 0 Å². The number of thiophene rings is 1. The van der Waals surface area contributed by atoms with Crippen LogP contribution in [0.4, 0.5) is 5.00 Å². The van der Waals surface area contributed by atoms with Gasteiger partial charge < -0.3 is 19.5 Å². The molecule has 1 aliphatic carbocycles. The summed E-state index contributed by atoms with van der Waals surface area (Å²) in [6.07, 6.45) is 2.75. The van der Waals surface area contributed by atoms with E-state index in [9.17, 15) is 9.59 Å². The molecular weight excluding hydrogens is 390 g/mol. The molecule has 1 aliphatic heterocycles. The molecule has 0 radical (unpaired) electrons. The molecule has 0 bridgehead atoms. The summed E-state index contributed by atoms with van der Waals surface area (Å²) >= 11 is 1.49. The van der Waals surface area contributed by atoms with Crippen LogP contribution >= 0.6 is 11.3 Å². The van der Waals surface area contributed by atoms with E-state index in [2.05, 4.69) is 26.1 Å². The Morgan fingerprint density at radius 3 is 2.69 bits per heavy atom. The van der Waals surface area contributed by atoms with Gasteiger partial charge in [-0.05, 0) is 54.4 Å². The first-order valence-corrected chi connectivity index (χ1v) is 10.5. The lowest BCUT2D eigenvalue weighted by atomic mass is 9.72. The predicted molar refractivity (Wildman–Crippen MR) is 111 cm³/mol. The summed E-state index contributed by atoms with van der Waals surface area (Å²) in [5.41, 5.74) is 2.16.